The van der Waals surface area contributed by atoms with Crippen molar-refractivity contribution in [1.29, 1.82) is 0 Å². The summed E-state index contributed by atoms with van der Waals surface area (Å²) in [7, 11) is 0. The van der Waals surface area contributed by atoms with E-state index in [9.17, 15) is 9.90 Å². The lowest BCUT2D eigenvalue weighted by atomic mass is 9.82. The molecule has 0 heterocycles. The number of aliphatic hydroxyl groups excluding tert-OH is 1. The van der Waals surface area contributed by atoms with Gasteiger partial charge in [0.2, 0.25) is 0 Å². The SMILES string of the molecule is CCC1CCC(=O)C(=C(O)C2CC2)C1. The molecule has 0 bridgehead atoms. The summed E-state index contributed by atoms with van der Waals surface area (Å²) in [4.78, 5) is 11.6. The molecular formula is C12H18O2. The second-order valence-corrected chi connectivity index (χ2v) is 4.58. The van der Waals surface area contributed by atoms with Gasteiger partial charge in [-0.3, -0.25) is 4.79 Å². The fourth-order valence-electron chi connectivity index (χ4n) is 2.19. The fraction of sp³-hybridized carbons (Fsp3) is 0.750. The molecule has 0 radical (unpaired) electrons. The minimum atomic E-state index is 0.194. The summed E-state index contributed by atoms with van der Waals surface area (Å²) in [6.45, 7) is 2.16. The van der Waals surface area contributed by atoms with Gasteiger partial charge < -0.3 is 5.11 Å². The number of rotatable bonds is 2. The van der Waals surface area contributed by atoms with Crippen LogP contribution < -0.4 is 0 Å². The number of hydrogen-bond acceptors (Lipinski definition) is 2. The van der Waals surface area contributed by atoms with E-state index in [0.29, 0.717) is 24.0 Å². The molecule has 78 valence electrons. The zero-order valence-electron chi connectivity index (χ0n) is 8.75. The van der Waals surface area contributed by atoms with Crippen molar-refractivity contribution in [2.75, 3.05) is 0 Å². The predicted molar refractivity (Wildman–Crippen MR) is 55.0 cm³/mol. The largest absolute Gasteiger partial charge is 0.512 e. The third-order valence-corrected chi connectivity index (χ3v) is 3.46. The van der Waals surface area contributed by atoms with E-state index >= 15 is 0 Å². The van der Waals surface area contributed by atoms with Gasteiger partial charge in [0.05, 0.1) is 0 Å². The first kappa shape index (κ1) is 9.75. The van der Waals surface area contributed by atoms with Gasteiger partial charge in [-0.1, -0.05) is 13.3 Å². The van der Waals surface area contributed by atoms with Crippen molar-refractivity contribution in [3.05, 3.63) is 11.3 Å². The Bertz CT molecular complexity index is 274. The average molecular weight is 194 g/mol. The van der Waals surface area contributed by atoms with E-state index in [-0.39, 0.29) is 5.78 Å². The van der Waals surface area contributed by atoms with E-state index in [0.717, 1.165) is 37.7 Å². The van der Waals surface area contributed by atoms with Gasteiger partial charge in [0, 0.05) is 17.9 Å². The highest BCUT2D eigenvalue weighted by molar-refractivity contribution is 5.96. The van der Waals surface area contributed by atoms with E-state index in [1.165, 1.54) is 0 Å². The summed E-state index contributed by atoms with van der Waals surface area (Å²) in [5, 5.41) is 9.86. The average Bonchev–Trinajstić information content (AvgIpc) is 3.01. The monoisotopic (exact) mass is 194 g/mol. The van der Waals surface area contributed by atoms with Crippen LogP contribution >= 0.6 is 0 Å². The molecule has 2 aliphatic rings. The molecule has 1 N–H and O–H groups in total. The van der Waals surface area contributed by atoms with Gasteiger partial charge in [-0.15, -0.1) is 0 Å². The molecule has 2 saturated carbocycles. The zero-order valence-corrected chi connectivity index (χ0v) is 8.75. The Labute approximate surface area is 85.0 Å². The molecule has 0 aromatic heterocycles. The smallest absolute Gasteiger partial charge is 0.162 e. The Morgan fingerprint density at radius 1 is 1.43 bits per heavy atom. The molecule has 2 aliphatic carbocycles. The highest BCUT2D eigenvalue weighted by atomic mass is 16.3. The molecular weight excluding hydrogens is 176 g/mol. The standard InChI is InChI=1S/C12H18O2/c1-2-8-3-6-11(13)10(7-8)12(14)9-4-5-9/h8-9,14H,2-7H2,1H3. The van der Waals surface area contributed by atoms with Crippen LogP contribution in [0.4, 0.5) is 0 Å². The number of carbonyl (C=O) groups excluding carboxylic acids is 1. The van der Waals surface area contributed by atoms with Gasteiger partial charge in [-0.05, 0) is 31.6 Å². The van der Waals surface area contributed by atoms with Crippen molar-refractivity contribution in [3.8, 4) is 0 Å². The van der Waals surface area contributed by atoms with Gasteiger partial charge in [-0.25, -0.2) is 0 Å². The van der Waals surface area contributed by atoms with Crippen LogP contribution in [0.15, 0.2) is 11.3 Å². The molecule has 0 aromatic carbocycles. The molecule has 0 spiro atoms. The first-order valence-electron chi connectivity index (χ1n) is 5.67. The van der Waals surface area contributed by atoms with E-state index in [2.05, 4.69) is 6.92 Å². The maximum atomic E-state index is 11.6. The molecule has 0 aliphatic heterocycles. The van der Waals surface area contributed by atoms with Gasteiger partial charge in [0.1, 0.15) is 5.76 Å². The van der Waals surface area contributed by atoms with E-state index in [1.54, 1.807) is 0 Å². The topological polar surface area (TPSA) is 37.3 Å². The van der Waals surface area contributed by atoms with Crippen LogP contribution in [-0.4, -0.2) is 10.9 Å². The van der Waals surface area contributed by atoms with Crippen LogP contribution in [0.3, 0.4) is 0 Å². The van der Waals surface area contributed by atoms with E-state index in [1.807, 2.05) is 0 Å². The number of carbonyl (C=O) groups is 1. The fourth-order valence-corrected chi connectivity index (χ4v) is 2.19. The van der Waals surface area contributed by atoms with Crippen LogP contribution in [0.2, 0.25) is 0 Å². The number of Topliss-reactive ketones (excluding diaryl/α,β-unsaturated/α-hetero) is 1. The second-order valence-electron chi connectivity index (χ2n) is 4.58. The Morgan fingerprint density at radius 2 is 2.14 bits per heavy atom. The van der Waals surface area contributed by atoms with Crippen molar-refractivity contribution in [2.45, 2.75) is 45.4 Å². The molecule has 1 atom stereocenters. The number of ketones is 1. The van der Waals surface area contributed by atoms with Crippen molar-refractivity contribution in [2.24, 2.45) is 11.8 Å². The van der Waals surface area contributed by atoms with Crippen LogP contribution in [-0.2, 0) is 4.79 Å². The number of aliphatic hydroxyl groups is 1. The van der Waals surface area contributed by atoms with Crippen LogP contribution in [0, 0.1) is 11.8 Å². The normalized spacial score (nSPS) is 31.8. The predicted octanol–water partition coefficient (Wildman–Crippen LogP) is 2.99. The lowest BCUT2D eigenvalue weighted by Gasteiger charge is -2.22. The maximum Gasteiger partial charge on any atom is 0.162 e. The summed E-state index contributed by atoms with van der Waals surface area (Å²) in [6.07, 6.45) is 5.73. The first-order chi connectivity index (χ1) is 6.72. The molecule has 2 heteroatoms. The van der Waals surface area contributed by atoms with Gasteiger partial charge in [0.25, 0.3) is 0 Å². The summed E-state index contributed by atoms with van der Waals surface area (Å²) in [5.74, 6) is 1.56. The maximum absolute atomic E-state index is 11.6. The Balaban J connectivity index is 2.14. The summed E-state index contributed by atoms with van der Waals surface area (Å²) >= 11 is 0. The molecule has 2 fully saturated rings. The Kier molecular flexibility index (Phi) is 2.62. The van der Waals surface area contributed by atoms with Gasteiger partial charge in [-0.2, -0.15) is 0 Å². The highest BCUT2D eigenvalue weighted by Crippen LogP contribution is 2.40. The Hall–Kier alpha value is -0.790. The quantitative estimate of drug-likeness (QED) is 0.542. The molecule has 14 heavy (non-hydrogen) atoms. The summed E-state index contributed by atoms with van der Waals surface area (Å²) in [6, 6.07) is 0. The third-order valence-electron chi connectivity index (χ3n) is 3.46. The van der Waals surface area contributed by atoms with Crippen molar-refractivity contribution in [1.82, 2.24) is 0 Å². The second kappa shape index (κ2) is 3.76. The van der Waals surface area contributed by atoms with Crippen LogP contribution in [0.25, 0.3) is 0 Å². The number of hydrogen-bond donors (Lipinski definition) is 1. The van der Waals surface area contributed by atoms with E-state index < -0.39 is 0 Å². The molecule has 2 rings (SSSR count). The van der Waals surface area contributed by atoms with Gasteiger partial charge >= 0.3 is 0 Å². The van der Waals surface area contributed by atoms with Crippen molar-refractivity contribution in [3.63, 3.8) is 0 Å². The minimum Gasteiger partial charge on any atom is -0.512 e. The van der Waals surface area contributed by atoms with Crippen molar-refractivity contribution >= 4 is 5.78 Å². The third kappa shape index (κ3) is 1.84. The minimum absolute atomic E-state index is 0.194. The number of allylic oxidation sites excluding steroid dienone is 2. The Morgan fingerprint density at radius 3 is 2.71 bits per heavy atom. The van der Waals surface area contributed by atoms with E-state index in [4.69, 9.17) is 0 Å². The summed E-state index contributed by atoms with van der Waals surface area (Å²) in [5.41, 5.74) is 0.755. The summed E-state index contributed by atoms with van der Waals surface area (Å²) < 4.78 is 0. The molecule has 0 aromatic rings. The van der Waals surface area contributed by atoms with Gasteiger partial charge in [0.15, 0.2) is 5.78 Å². The molecule has 0 amide bonds. The van der Waals surface area contributed by atoms with Crippen LogP contribution in [0.5, 0.6) is 0 Å². The zero-order chi connectivity index (χ0) is 10.1. The molecule has 1 unspecified atom stereocenters. The lowest BCUT2D eigenvalue weighted by Crippen LogP contribution is -2.18. The molecule has 2 nitrogen and oxygen atoms in total. The lowest BCUT2D eigenvalue weighted by molar-refractivity contribution is -0.117. The molecule has 0 saturated heterocycles. The first-order valence-corrected chi connectivity index (χ1v) is 5.67. The van der Waals surface area contributed by atoms with Crippen molar-refractivity contribution < 1.29 is 9.90 Å². The van der Waals surface area contributed by atoms with Crippen LogP contribution in [0.1, 0.15) is 45.4 Å². The highest BCUT2D eigenvalue weighted by Gasteiger charge is 2.33.